The zero-order valence-electron chi connectivity index (χ0n) is 51.6. The van der Waals surface area contributed by atoms with Crippen LogP contribution in [0.3, 0.4) is 0 Å². The van der Waals surface area contributed by atoms with Crippen molar-refractivity contribution >= 4 is 83.2 Å². The first-order valence-corrected chi connectivity index (χ1v) is 33.4. The highest BCUT2D eigenvalue weighted by molar-refractivity contribution is 7.52. The van der Waals surface area contributed by atoms with E-state index in [-0.39, 0.29) is 66.3 Å². The van der Waals surface area contributed by atoms with Gasteiger partial charge in [0.25, 0.3) is 0 Å². The van der Waals surface area contributed by atoms with Crippen molar-refractivity contribution in [2.45, 2.75) is 126 Å². The van der Waals surface area contributed by atoms with Gasteiger partial charge in [-0.2, -0.15) is 30.1 Å². The van der Waals surface area contributed by atoms with Crippen LogP contribution in [0.1, 0.15) is 78.7 Å². The Morgan fingerprint density at radius 3 is 1.56 bits per heavy atom. The maximum atomic E-state index is 14.4. The van der Waals surface area contributed by atoms with E-state index in [4.69, 9.17) is 52.2 Å². The molecular weight excluding hydrogens is 1250 g/mol. The lowest BCUT2D eigenvalue weighted by molar-refractivity contribution is -0.146. The van der Waals surface area contributed by atoms with Gasteiger partial charge in [0, 0.05) is 17.8 Å². The van der Waals surface area contributed by atoms with E-state index in [1.54, 1.807) is 43.4 Å². The Hall–Kier alpha value is -7.96. The summed E-state index contributed by atoms with van der Waals surface area (Å²) in [7, 11) is -7.05. The van der Waals surface area contributed by atoms with Crippen LogP contribution in [-0.4, -0.2) is 166 Å². The number of imidazole rings is 2. The molecule has 0 radical (unpaired) electrons. The largest absolute Gasteiger partial charge is 0.476 e. The number of carbonyl (C=O) groups excluding carboxylic acids is 2. The second kappa shape index (κ2) is 28.3. The van der Waals surface area contributed by atoms with Gasteiger partial charge < -0.3 is 68.9 Å². The third-order valence-electron chi connectivity index (χ3n) is 15.9. The number of nitrogen functional groups attached to an aromatic ring is 1. The van der Waals surface area contributed by atoms with Gasteiger partial charge in [0.05, 0.1) is 52.3 Å². The number of carbonyl (C=O) groups is 2. The maximum Gasteiger partial charge on any atom is 0.459 e. The molecule has 0 aliphatic carbocycles. The smallest absolute Gasteiger partial charge is 0.459 e. The fraction of sp³-hybridized carbons (Fsp3) is 0.443. The molecule has 8 aromatic rings. The second-order valence-electron chi connectivity index (χ2n) is 23.0. The van der Waals surface area contributed by atoms with E-state index in [2.05, 4.69) is 45.4 Å². The topological polar surface area (TPSA) is 391 Å². The van der Waals surface area contributed by atoms with Gasteiger partial charge in [0.1, 0.15) is 59.2 Å². The summed E-state index contributed by atoms with van der Waals surface area (Å²) in [6, 6.07) is 23.0. The predicted octanol–water partition coefficient (Wildman–Crippen LogP) is 6.73. The van der Waals surface area contributed by atoms with Crippen molar-refractivity contribution in [3.63, 3.8) is 0 Å². The van der Waals surface area contributed by atoms with Crippen LogP contribution in [0.15, 0.2) is 110 Å². The van der Waals surface area contributed by atoms with Crippen molar-refractivity contribution in [2.75, 3.05) is 57.7 Å². The summed E-state index contributed by atoms with van der Waals surface area (Å²) in [6.45, 7) is 5.64. The van der Waals surface area contributed by atoms with Gasteiger partial charge in [-0.1, -0.05) is 84.9 Å². The van der Waals surface area contributed by atoms with Crippen LogP contribution in [-0.2, 0) is 46.7 Å². The number of nitrogens with one attached hydrogen (secondary N) is 3. The van der Waals surface area contributed by atoms with E-state index in [9.17, 15) is 39.1 Å². The van der Waals surface area contributed by atoms with Crippen molar-refractivity contribution < 1.29 is 85.7 Å². The lowest BCUT2D eigenvalue weighted by atomic mass is 9.96. The SMILES string of the molecule is CNc1nc2c3ncn(c3n1)C1OC(COP(=O)(Oc3cccc4ccccc34)N[C@@H](C)C(=O)OCCC=CCCO2)[C@@H](O)[C@@]1(C)O.C[C@@H]1NP(=O)(Oc2cccc3ccccc23)OCC2OC(n3cnc4c(nc(N)nc43)OCCCCCCOC1=O)[C@](C)(O)[C@@H]2O. The molecule has 0 spiro atoms. The van der Waals surface area contributed by atoms with Crippen LogP contribution >= 0.6 is 15.5 Å². The molecule has 496 valence electrons. The van der Waals surface area contributed by atoms with Gasteiger partial charge in [-0.15, -0.1) is 0 Å². The fourth-order valence-corrected chi connectivity index (χ4v) is 14.0. The number of hydrogen-bond donors (Lipinski definition) is 8. The average molecular weight is 1330 g/mol. The molecule has 4 aliphatic heterocycles. The van der Waals surface area contributed by atoms with Crippen molar-refractivity contribution in [3.05, 3.63) is 110 Å². The Labute approximate surface area is 533 Å². The zero-order valence-corrected chi connectivity index (χ0v) is 53.3. The summed E-state index contributed by atoms with van der Waals surface area (Å²) in [5, 5.41) is 56.6. The molecule has 4 aliphatic rings. The van der Waals surface area contributed by atoms with Crippen LogP contribution in [0, 0.1) is 0 Å². The minimum absolute atomic E-state index is 0.0748. The third-order valence-corrected chi connectivity index (χ3v) is 19.2. The fourth-order valence-electron chi connectivity index (χ4n) is 11.0. The Morgan fingerprint density at radius 2 is 1.04 bits per heavy atom. The number of anilines is 2. The number of hydrogen-bond acceptors (Lipinski definition) is 26. The molecule has 30 nitrogen and oxygen atoms in total. The lowest BCUT2D eigenvalue weighted by Crippen LogP contribution is -2.44. The Kier molecular flexibility index (Phi) is 20.3. The highest BCUT2D eigenvalue weighted by Crippen LogP contribution is 2.51. The summed E-state index contributed by atoms with van der Waals surface area (Å²) in [5.74, 6) is -0.250. The van der Waals surface area contributed by atoms with Gasteiger partial charge in [-0.3, -0.25) is 27.8 Å². The summed E-state index contributed by atoms with van der Waals surface area (Å²) >= 11 is 0. The zero-order chi connectivity index (χ0) is 65.7. The quantitative estimate of drug-likeness (QED) is 0.0502. The van der Waals surface area contributed by atoms with E-state index in [0.29, 0.717) is 54.1 Å². The number of ether oxygens (including phenoxy) is 6. The van der Waals surface area contributed by atoms with E-state index in [1.807, 2.05) is 60.7 Å². The molecule has 2 fully saturated rings. The van der Waals surface area contributed by atoms with E-state index in [1.165, 1.54) is 49.5 Å². The van der Waals surface area contributed by atoms with Crippen LogP contribution < -0.4 is 39.7 Å². The molecule has 93 heavy (non-hydrogen) atoms. The normalized spacial score (nSPS) is 29.6. The predicted molar refractivity (Wildman–Crippen MR) is 337 cm³/mol. The van der Waals surface area contributed by atoms with Crippen LogP contribution in [0.25, 0.3) is 43.9 Å². The monoisotopic (exact) mass is 1320 g/mol. The lowest BCUT2D eigenvalue weighted by Gasteiger charge is -2.27. The van der Waals surface area contributed by atoms with Crippen molar-refractivity contribution in [1.82, 2.24) is 49.2 Å². The molecule has 12 rings (SSSR count). The number of esters is 2. The Balaban J connectivity index is 0.000000190. The number of aliphatic hydroxyl groups is 4. The summed E-state index contributed by atoms with van der Waals surface area (Å²) in [6.07, 6.45) is 2.59. The van der Waals surface area contributed by atoms with E-state index < -0.39 is 101 Å². The Morgan fingerprint density at radius 1 is 0.602 bits per heavy atom. The number of fused-ring (bicyclic) bond motifs is 8. The molecule has 0 saturated carbocycles. The van der Waals surface area contributed by atoms with Gasteiger partial charge in [0.15, 0.2) is 34.8 Å². The number of nitrogens with zero attached hydrogens (tertiary/aromatic N) is 8. The molecule has 8 heterocycles. The van der Waals surface area contributed by atoms with E-state index >= 15 is 0 Å². The standard InChI is InChI=1S/C31H37N6O9P.C30H37N6O9P/c1-19-28(39)43-16-9-5-4-8-15-42-27-24-26(34-30(32-3)35-27)37(18-33-24)29-31(2,40)25(38)23(45-29)17-44-47(41,36-19)46-22-14-10-12-20-11-6-7-13-21(20)22;1-18-27(38)42-15-8-4-3-7-14-41-26-23-25(33-29(31)34-26)36(17-32-23)28-30(2,39)24(37)22(44-28)16-43-46(40,35-18)45-21-13-9-11-19-10-5-6-12-20(19)21/h4-7,10-14,18-19,23,25,29,38,40H,8-9,15-17H2,1-3H3,(H,36,41)(H,32,34,35);5-6,9-13,17-18,22,24,28,37,39H,3-4,7-8,14-16H2,1-2H3,(H,35,40)(H2,31,33,34)/t19-,23?,25+,29?,31+,47?;18-,22?,24+,28?,30+,46?/m00/s1. The molecule has 9 N–H and O–H groups in total. The first-order valence-electron chi connectivity index (χ1n) is 30.3. The molecule has 6 unspecified atom stereocenters. The van der Waals surface area contributed by atoms with Gasteiger partial charge in [-0.05, 0) is 89.1 Å². The molecule has 0 amide bonds. The molecule has 32 heteroatoms. The van der Waals surface area contributed by atoms with Crippen molar-refractivity contribution in [1.29, 1.82) is 0 Å². The molecule has 4 aromatic heterocycles. The molecule has 12 bridgehead atoms. The maximum absolute atomic E-state index is 14.4. The van der Waals surface area contributed by atoms with Crippen LogP contribution in [0.5, 0.6) is 23.3 Å². The Bertz CT molecular complexity index is 4110. The van der Waals surface area contributed by atoms with Gasteiger partial charge in [-0.25, -0.2) is 19.1 Å². The van der Waals surface area contributed by atoms with Crippen molar-refractivity contribution in [2.24, 2.45) is 0 Å². The number of aromatic nitrogens is 8. The first-order chi connectivity index (χ1) is 44.6. The highest BCUT2D eigenvalue weighted by Gasteiger charge is 2.56. The van der Waals surface area contributed by atoms with Gasteiger partial charge in [0.2, 0.25) is 23.7 Å². The molecular formula is C61H74N12O18P2. The summed E-state index contributed by atoms with van der Waals surface area (Å²) < 4.78 is 90.1. The number of nitrogens with two attached hydrogens (primary N) is 1. The van der Waals surface area contributed by atoms with Gasteiger partial charge >= 0.3 is 27.4 Å². The molecule has 2 saturated heterocycles. The van der Waals surface area contributed by atoms with Crippen molar-refractivity contribution in [3.8, 4) is 23.3 Å². The van der Waals surface area contributed by atoms with Crippen LogP contribution in [0.4, 0.5) is 11.9 Å². The van der Waals surface area contributed by atoms with E-state index in [0.717, 1.165) is 23.6 Å². The number of cyclic esters (lactones) is 2. The minimum atomic E-state index is -4.36. The average Bonchev–Trinajstić information content (AvgIpc) is 1.61. The first kappa shape index (κ1) is 66.5. The summed E-state index contributed by atoms with van der Waals surface area (Å²) in [4.78, 5) is 51.9. The third kappa shape index (κ3) is 14.7. The van der Waals surface area contributed by atoms with Crippen LogP contribution in [0.2, 0.25) is 0 Å². The minimum Gasteiger partial charge on any atom is -0.476 e. The number of benzene rings is 4. The second-order valence-corrected chi connectivity index (χ2v) is 26.3. The molecule has 4 aromatic carbocycles. The number of aliphatic hydroxyl groups excluding tert-OH is 2. The highest BCUT2D eigenvalue weighted by atomic mass is 31.2. The summed E-state index contributed by atoms with van der Waals surface area (Å²) in [5.41, 5.74) is 3.36. The number of rotatable bonds is 5. The molecule has 12 atom stereocenters.